The first-order valence-corrected chi connectivity index (χ1v) is 9.22. The Bertz CT molecular complexity index is 655. The molecule has 3 N–H and O–H groups in total. The summed E-state index contributed by atoms with van der Waals surface area (Å²) in [6.07, 6.45) is -3.28. The molecule has 11 heteroatoms. The highest BCUT2D eigenvalue weighted by molar-refractivity contribution is 6.30. The van der Waals surface area contributed by atoms with E-state index in [2.05, 4.69) is 15.4 Å². The van der Waals surface area contributed by atoms with Gasteiger partial charge >= 0.3 is 18.2 Å². The molecule has 1 aliphatic heterocycles. The Hall–Kier alpha value is -2.04. The second-order valence-corrected chi connectivity index (χ2v) is 6.61. The lowest BCUT2D eigenvalue weighted by Crippen LogP contribution is -2.35. The number of carbonyl (C=O) groups is 2. The summed E-state index contributed by atoms with van der Waals surface area (Å²) >= 11 is 6.10. The summed E-state index contributed by atoms with van der Waals surface area (Å²) in [6, 6.07) is 7.80. The minimum atomic E-state index is -5.08. The van der Waals surface area contributed by atoms with Crippen LogP contribution in [0, 0.1) is 5.92 Å². The zero-order chi connectivity index (χ0) is 21.9. The van der Waals surface area contributed by atoms with Gasteiger partial charge in [0, 0.05) is 24.0 Å². The van der Waals surface area contributed by atoms with E-state index in [1.54, 1.807) is 0 Å². The molecule has 1 fully saturated rings. The second kappa shape index (κ2) is 12.5. The molecule has 0 radical (unpaired) electrons. The molecule has 1 aromatic carbocycles. The summed E-state index contributed by atoms with van der Waals surface area (Å²) in [5.74, 6) is -2.35. The number of hydrogen-bond donors (Lipinski definition) is 3. The predicted molar refractivity (Wildman–Crippen MR) is 99.8 cm³/mol. The Kier molecular flexibility index (Phi) is 10.8. The number of aliphatic carboxylic acids is 1. The number of carbonyl (C=O) groups excluding carboxylic acids is 1. The number of carboxylic acid groups (broad SMARTS) is 1. The van der Waals surface area contributed by atoms with Crippen molar-refractivity contribution in [1.29, 1.82) is 0 Å². The first-order chi connectivity index (χ1) is 13.6. The standard InChI is InChI=1S/C16H23ClN2O3.C2HF3O2/c1-21-16(20)19-8-9-22-15(13-5-3-7-18-11-13)12-4-2-6-14(17)10-12;3-2(4,5)1(6)7/h2,4,6,10,13,15,18H,3,5,7-9,11H2,1H3,(H,19,20);(H,6,7)/t13-,15+;/m1./s1. The summed E-state index contributed by atoms with van der Waals surface area (Å²) in [5.41, 5.74) is 1.08. The van der Waals surface area contributed by atoms with E-state index in [0.717, 1.165) is 31.5 Å². The molecule has 0 unspecified atom stereocenters. The van der Waals surface area contributed by atoms with E-state index in [9.17, 15) is 18.0 Å². The highest BCUT2D eigenvalue weighted by Gasteiger charge is 2.38. The number of methoxy groups -OCH3 is 1. The van der Waals surface area contributed by atoms with Gasteiger partial charge in [-0.05, 0) is 37.1 Å². The molecule has 1 aliphatic rings. The zero-order valence-electron chi connectivity index (χ0n) is 15.8. The van der Waals surface area contributed by atoms with Gasteiger partial charge in [0.15, 0.2) is 0 Å². The minimum Gasteiger partial charge on any atom is -0.475 e. The molecule has 0 bridgehead atoms. The maximum atomic E-state index is 11.1. The number of carboxylic acids is 1. The van der Waals surface area contributed by atoms with Crippen LogP contribution in [0.15, 0.2) is 24.3 Å². The fourth-order valence-corrected chi connectivity index (χ4v) is 2.94. The fraction of sp³-hybridized carbons (Fsp3) is 0.556. The first-order valence-electron chi connectivity index (χ1n) is 8.85. The number of hydrogen-bond acceptors (Lipinski definition) is 5. The molecule has 1 aromatic rings. The summed E-state index contributed by atoms with van der Waals surface area (Å²) in [5, 5.41) is 13.9. The van der Waals surface area contributed by atoms with Crippen LogP contribution in [0.2, 0.25) is 5.02 Å². The highest BCUT2D eigenvalue weighted by Crippen LogP contribution is 2.31. The van der Waals surface area contributed by atoms with E-state index in [0.29, 0.717) is 24.1 Å². The van der Waals surface area contributed by atoms with E-state index in [1.165, 1.54) is 7.11 Å². The third-order valence-corrected chi connectivity index (χ3v) is 4.27. The van der Waals surface area contributed by atoms with Gasteiger partial charge in [-0.15, -0.1) is 0 Å². The first kappa shape index (κ1) is 25.0. The van der Waals surface area contributed by atoms with Gasteiger partial charge in [-0.2, -0.15) is 13.2 Å². The maximum Gasteiger partial charge on any atom is 0.490 e. The number of piperidine rings is 1. The van der Waals surface area contributed by atoms with Gasteiger partial charge in [-0.1, -0.05) is 23.7 Å². The maximum absolute atomic E-state index is 11.1. The van der Waals surface area contributed by atoms with Gasteiger partial charge in [0.05, 0.1) is 19.8 Å². The van der Waals surface area contributed by atoms with Gasteiger partial charge in [-0.25, -0.2) is 9.59 Å². The Morgan fingerprint density at radius 3 is 2.62 bits per heavy atom. The third kappa shape index (κ3) is 9.82. The lowest BCUT2D eigenvalue weighted by Gasteiger charge is -2.31. The summed E-state index contributed by atoms with van der Waals surface area (Å²) in [4.78, 5) is 20.0. The third-order valence-electron chi connectivity index (χ3n) is 4.04. The van der Waals surface area contributed by atoms with Crippen molar-refractivity contribution in [3.63, 3.8) is 0 Å². The number of nitrogens with one attached hydrogen (secondary N) is 2. The van der Waals surface area contributed by atoms with Crippen LogP contribution in [0.5, 0.6) is 0 Å². The van der Waals surface area contributed by atoms with Crippen molar-refractivity contribution >= 4 is 23.7 Å². The summed E-state index contributed by atoms with van der Waals surface area (Å²) in [7, 11) is 1.35. The van der Waals surface area contributed by atoms with Crippen LogP contribution < -0.4 is 10.6 Å². The topological polar surface area (TPSA) is 96.9 Å². The van der Waals surface area contributed by atoms with Gasteiger partial charge in [0.2, 0.25) is 0 Å². The second-order valence-electron chi connectivity index (χ2n) is 6.17. The molecule has 0 aliphatic carbocycles. The molecule has 0 spiro atoms. The van der Waals surface area contributed by atoms with E-state index >= 15 is 0 Å². The van der Waals surface area contributed by atoms with E-state index in [-0.39, 0.29) is 6.10 Å². The molecule has 0 aromatic heterocycles. The fourth-order valence-electron chi connectivity index (χ4n) is 2.74. The molecular weight excluding hydrogens is 417 g/mol. The van der Waals surface area contributed by atoms with Crippen molar-refractivity contribution in [1.82, 2.24) is 10.6 Å². The van der Waals surface area contributed by atoms with Gasteiger partial charge in [0.1, 0.15) is 0 Å². The molecule has 29 heavy (non-hydrogen) atoms. The molecule has 2 rings (SSSR count). The average molecular weight is 441 g/mol. The van der Waals surface area contributed by atoms with Crippen LogP contribution in [-0.4, -0.2) is 56.7 Å². The van der Waals surface area contributed by atoms with Gasteiger partial charge in [-0.3, -0.25) is 0 Å². The van der Waals surface area contributed by atoms with Gasteiger partial charge in [0.25, 0.3) is 0 Å². The monoisotopic (exact) mass is 440 g/mol. The van der Waals surface area contributed by atoms with Crippen LogP contribution in [0.4, 0.5) is 18.0 Å². The molecule has 2 atom stereocenters. The normalized spacial score (nSPS) is 17.5. The number of halogens is 4. The van der Waals surface area contributed by atoms with Crippen molar-refractivity contribution < 1.29 is 37.3 Å². The number of benzene rings is 1. The molecular formula is C18H24ClF3N2O5. The average Bonchev–Trinajstić information content (AvgIpc) is 2.68. The summed E-state index contributed by atoms with van der Waals surface area (Å²) in [6.45, 7) is 2.84. The molecule has 164 valence electrons. The minimum absolute atomic E-state index is 0.0223. The smallest absolute Gasteiger partial charge is 0.475 e. The number of amides is 1. The van der Waals surface area contributed by atoms with Crippen molar-refractivity contribution in [3.8, 4) is 0 Å². The SMILES string of the molecule is COC(=O)NCCO[C@@H](c1cccc(Cl)c1)[C@@H]1CCCNC1.O=C(O)C(F)(F)F. The van der Waals surface area contributed by atoms with Crippen LogP contribution >= 0.6 is 11.6 Å². The van der Waals surface area contributed by atoms with Crippen molar-refractivity contribution in [2.24, 2.45) is 5.92 Å². The number of rotatable bonds is 6. The molecule has 1 amide bonds. The Morgan fingerprint density at radius 1 is 1.41 bits per heavy atom. The van der Waals surface area contributed by atoms with Crippen LogP contribution in [-0.2, 0) is 14.3 Å². The zero-order valence-corrected chi connectivity index (χ0v) is 16.6. The Morgan fingerprint density at radius 2 is 2.10 bits per heavy atom. The Balaban J connectivity index is 0.000000516. The summed E-state index contributed by atoms with van der Waals surface area (Å²) < 4.78 is 42.3. The van der Waals surface area contributed by atoms with Crippen LogP contribution in [0.3, 0.4) is 0 Å². The van der Waals surface area contributed by atoms with Crippen molar-refractivity contribution in [2.45, 2.75) is 25.1 Å². The highest BCUT2D eigenvalue weighted by atomic mass is 35.5. The van der Waals surface area contributed by atoms with E-state index < -0.39 is 18.2 Å². The predicted octanol–water partition coefficient (Wildman–Crippen LogP) is 3.39. The van der Waals surface area contributed by atoms with E-state index in [4.69, 9.17) is 26.2 Å². The molecule has 0 saturated carbocycles. The lowest BCUT2D eigenvalue weighted by atomic mass is 9.89. The molecule has 1 saturated heterocycles. The van der Waals surface area contributed by atoms with Crippen molar-refractivity contribution in [2.75, 3.05) is 33.4 Å². The van der Waals surface area contributed by atoms with Crippen molar-refractivity contribution in [3.05, 3.63) is 34.9 Å². The Labute approximate surface area is 171 Å². The van der Waals surface area contributed by atoms with Crippen LogP contribution in [0.1, 0.15) is 24.5 Å². The lowest BCUT2D eigenvalue weighted by molar-refractivity contribution is -0.192. The quantitative estimate of drug-likeness (QED) is 0.587. The molecule has 7 nitrogen and oxygen atoms in total. The van der Waals surface area contributed by atoms with Crippen LogP contribution in [0.25, 0.3) is 0 Å². The van der Waals surface area contributed by atoms with E-state index in [1.807, 2.05) is 24.3 Å². The van der Waals surface area contributed by atoms with Gasteiger partial charge < -0.3 is 25.2 Å². The number of ether oxygens (including phenoxy) is 2. The number of alkyl carbamates (subject to hydrolysis) is 1. The largest absolute Gasteiger partial charge is 0.490 e. The molecule has 1 heterocycles. The number of alkyl halides is 3.